The molecule has 0 bridgehead atoms. The Balaban J connectivity index is 2.25. The standard InChI is InChI=1S/C14H13F3N2O/c1-9-6-7-19-13(12(9)8-18)20-11-4-2-10(3-5-11)14(15,16)17/h2-7H,8,18H2,1H3. The third-order valence-electron chi connectivity index (χ3n) is 2.85. The summed E-state index contributed by atoms with van der Waals surface area (Å²) in [5, 5.41) is 0. The van der Waals surface area contributed by atoms with Crippen LogP contribution in [0.4, 0.5) is 13.2 Å². The second-order valence-corrected chi connectivity index (χ2v) is 4.24. The summed E-state index contributed by atoms with van der Waals surface area (Å²) < 4.78 is 42.8. The van der Waals surface area contributed by atoms with Gasteiger partial charge < -0.3 is 10.5 Å². The van der Waals surface area contributed by atoms with Crippen LogP contribution in [0.15, 0.2) is 36.5 Å². The zero-order chi connectivity index (χ0) is 14.8. The van der Waals surface area contributed by atoms with E-state index in [9.17, 15) is 13.2 Å². The van der Waals surface area contributed by atoms with Crippen molar-refractivity contribution in [2.45, 2.75) is 19.6 Å². The first-order valence-corrected chi connectivity index (χ1v) is 5.91. The van der Waals surface area contributed by atoms with Crippen molar-refractivity contribution < 1.29 is 17.9 Å². The van der Waals surface area contributed by atoms with E-state index in [1.807, 2.05) is 6.92 Å². The lowest BCUT2D eigenvalue weighted by Gasteiger charge is -2.12. The van der Waals surface area contributed by atoms with Gasteiger partial charge in [-0.05, 0) is 42.8 Å². The molecule has 2 N–H and O–H groups in total. The Morgan fingerprint density at radius 3 is 2.35 bits per heavy atom. The fourth-order valence-electron chi connectivity index (χ4n) is 1.72. The molecule has 0 saturated heterocycles. The van der Waals surface area contributed by atoms with E-state index in [4.69, 9.17) is 10.5 Å². The zero-order valence-electron chi connectivity index (χ0n) is 10.7. The van der Waals surface area contributed by atoms with Crippen molar-refractivity contribution in [2.75, 3.05) is 0 Å². The van der Waals surface area contributed by atoms with Gasteiger partial charge in [0.1, 0.15) is 5.75 Å². The highest BCUT2D eigenvalue weighted by Crippen LogP contribution is 2.31. The van der Waals surface area contributed by atoms with Gasteiger partial charge in [-0.3, -0.25) is 0 Å². The third kappa shape index (κ3) is 3.08. The van der Waals surface area contributed by atoms with Crippen LogP contribution in [-0.2, 0) is 12.7 Å². The number of hydrogen-bond acceptors (Lipinski definition) is 3. The highest BCUT2D eigenvalue weighted by atomic mass is 19.4. The van der Waals surface area contributed by atoms with Gasteiger partial charge in [-0.1, -0.05) is 0 Å². The number of hydrogen-bond donors (Lipinski definition) is 1. The number of nitrogens with two attached hydrogens (primary N) is 1. The predicted molar refractivity (Wildman–Crippen MR) is 68.4 cm³/mol. The lowest BCUT2D eigenvalue weighted by atomic mass is 10.1. The van der Waals surface area contributed by atoms with Gasteiger partial charge in [-0.15, -0.1) is 0 Å². The van der Waals surface area contributed by atoms with E-state index in [0.717, 1.165) is 23.3 Å². The predicted octanol–water partition coefficient (Wildman–Crippen LogP) is 3.66. The van der Waals surface area contributed by atoms with Gasteiger partial charge in [0.15, 0.2) is 0 Å². The molecular formula is C14H13F3N2O. The molecule has 0 aliphatic heterocycles. The van der Waals surface area contributed by atoms with Crippen LogP contribution in [-0.4, -0.2) is 4.98 Å². The Morgan fingerprint density at radius 1 is 1.15 bits per heavy atom. The van der Waals surface area contributed by atoms with Crippen LogP contribution < -0.4 is 10.5 Å². The van der Waals surface area contributed by atoms with Crippen LogP contribution in [0.5, 0.6) is 11.6 Å². The van der Waals surface area contributed by atoms with Gasteiger partial charge in [-0.25, -0.2) is 4.98 Å². The van der Waals surface area contributed by atoms with Gasteiger partial charge in [0.2, 0.25) is 5.88 Å². The number of rotatable bonds is 3. The Bertz CT molecular complexity index is 594. The molecule has 3 nitrogen and oxygen atoms in total. The highest BCUT2D eigenvalue weighted by Gasteiger charge is 2.30. The first-order chi connectivity index (χ1) is 9.41. The molecule has 0 aliphatic rings. The van der Waals surface area contributed by atoms with Crippen LogP contribution in [0.2, 0.25) is 0 Å². The van der Waals surface area contributed by atoms with Crippen molar-refractivity contribution in [2.24, 2.45) is 5.73 Å². The monoisotopic (exact) mass is 282 g/mol. The van der Waals surface area contributed by atoms with E-state index < -0.39 is 11.7 Å². The van der Waals surface area contributed by atoms with Crippen molar-refractivity contribution >= 4 is 0 Å². The smallest absolute Gasteiger partial charge is 0.416 e. The highest BCUT2D eigenvalue weighted by molar-refractivity contribution is 5.38. The quantitative estimate of drug-likeness (QED) is 0.934. The van der Waals surface area contributed by atoms with Crippen LogP contribution in [0.25, 0.3) is 0 Å². The van der Waals surface area contributed by atoms with E-state index in [-0.39, 0.29) is 12.3 Å². The lowest BCUT2D eigenvalue weighted by molar-refractivity contribution is -0.137. The summed E-state index contributed by atoms with van der Waals surface area (Å²) in [4.78, 5) is 4.05. The molecule has 0 unspecified atom stereocenters. The first kappa shape index (κ1) is 14.3. The summed E-state index contributed by atoms with van der Waals surface area (Å²) in [6, 6.07) is 6.24. The van der Waals surface area contributed by atoms with Gasteiger partial charge in [0, 0.05) is 18.3 Å². The van der Waals surface area contributed by atoms with Crippen molar-refractivity contribution in [3.05, 3.63) is 53.2 Å². The molecule has 0 saturated carbocycles. The van der Waals surface area contributed by atoms with Gasteiger partial charge in [0.05, 0.1) is 5.56 Å². The van der Waals surface area contributed by atoms with E-state index in [0.29, 0.717) is 5.88 Å². The number of pyridine rings is 1. The lowest BCUT2D eigenvalue weighted by Crippen LogP contribution is -2.05. The second-order valence-electron chi connectivity index (χ2n) is 4.24. The zero-order valence-corrected chi connectivity index (χ0v) is 10.7. The van der Waals surface area contributed by atoms with E-state index in [1.54, 1.807) is 12.3 Å². The molecule has 0 amide bonds. The van der Waals surface area contributed by atoms with Crippen molar-refractivity contribution in [1.29, 1.82) is 0 Å². The molecule has 0 aliphatic carbocycles. The average Bonchev–Trinajstić information content (AvgIpc) is 2.38. The number of benzene rings is 1. The van der Waals surface area contributed by atoms with Crippen LogP contribution in [0.1, 0.15) is 16.7 Å². The van der Waals surface area contributed by atoms with E-state index in [2.05, 4.69) is 4.98 Å². The van der Waals surface area contributed by atoms with E-state index >= 15 is 0 Å². The van der Waals surface area contributed by atoms with Crippen LogP contribution >= 0.6 is 0 Å². The molecule has 20 heavy (non-hydrogen) atoms. The molecule has 1 aromatic carbocycles. The molecule has 0 radical (unpaired) electrons. The van der Waals surface area contributed by atoms with Crippen LogP contribution in [0, 0.1) is 6.92 Å². The number of ether oxygens (including phenoxy) is 1. The normalized spacial score (nSPS) is 11.4. The summed E-state index contributed by atoms with van der Waals surface area (Å²) in [6.07, 6.45) is -2.80. The molecule has 106 valence electrons. The molecular weight excluding hydrogens is 269 g/mol. The number of aromatic nitrogens is 1. The molecule has 2 aromatic rings. The Hall–Kier alpha value is -2.08. The SMILES string of the molecule is Cc1ccnc(Oc2ccc(C(F)(F)F)cc2)c1CN. The summed E-state index contributed by atoms with van der Waals surface area (Å²) in [5.74, 6) is 0.595. The number of aryl methyl sites for hydroxylation is 1. The maximum absolute atomic E-state index is 12.4. The Kier molecular flexibility index (Phi) is 3.94. The maximum atomic E-state index is 12.4. The Labute approximate surface area is 114 Å². The molecule has 1 heterocycles. The topological polar surface area (TPSA) is 48.1 Å². The minimum absolute atomic E-state index is 0.246. The van der Waals surface area contributed by atoms with Crippen LogP contribution in [0.3, 0.4) is 0 Å². The summed E-state index contributed by atoms with van der Waals surface area (Å²) >= 11 is 0. The van der Waals surface area contributed by atoms with E-state index in [1.165, 1.54) is 12.1 Å². The Morgan fingerprint density at radius 2 is 1.80 bits per heavy atom. The van der Waals surface area contributed by atoms with Gasteiger partial charge in [-0.2, -0.15) is 13.2 Å². The summed E-state index contributed by atoms with van der Waals surface area (Å²) in [6.45, 7) is 2.11. The summed E-state index contributed by atoms with van der Waals surface area (Å²) in [5.41, 5.74) is 6.55. The van der Waals surface area contributed by atoms with Crippen molar-refractivity contribution in [1.82, 2.24) is 4.98 Å². The fraction of sp³-hybridized carbons (Fsp3) is 0.214. The average molecular weight is 282 g/mol. The van der Waals surface area contributed by atoms with Crippen molar-refractivity contribution in [3.63, 3.8) is 0 Å². The number of nitrogens with zero attached hydrogens (tertiary/aromatic N) is 1. The van der Waals surface area contributed by atoms with Gasteiger partial charge >= 0.3 is 6.18 Å². The largest absolute Gasteiger partial charge is 0.439 e. The minimum atomic E-state index is -4.36. The second kappa shape index (κ2) is 5.50. The maximum Gasteiger partial charge on any atom is 0.416 e. The molecule has 1 aromatic heterocycles. The minimum Gasteiger partial charge on any atom is -0.439 e. The fourth-order valence-corrected chi connectivity index (χ4v) is 1.72. The number of halogens is 3. The molecule has 0 fully saturated rings. The van der Waals surface area contributed by atoms with Crippen molar-refractivity contribution in [3.8, 4) is 11.6 Å². The molecule has 0 atom stereocenters. The van der Waals surface area contributed by atoms with Gasteiger partial charge in [0.25, 0.3) is 0 Å². The summed E-state index contributed by atoms with van der Waals surface area (Å²) in [7, 11) is 0. The number of alkyl halides is 3. The molecule has 6 heteroatoms. The third-order valence-corrected chi connectivity index (χ3v) is 2.85. The molecule has 0 spiro atoms. The first-order valence-electron chi connectivity index (χ1n) is 5.91. The molecule has 2 rings (SSSR count).